The van der Waals surface area contributed by atoms with Crippen LogP contribution in [0.15, 0.2) is 52.9 Å². The van der Waals surface area contributed by atoms with Crippen LogP contribution < -0.4 is 0 Å². The van der Waals surface area contributed by atoms with Crippen LogP contribution in [-0.4, -0.2) is 5.11 Å². The molecule has 1 aromatic heterocycles. The lowest BCUT2D eigenvalue weighted by Crippen LogP contribution is -1.99. The van der Waals surface area contributed by atoms with Gasteiger partial charge in [-0.25, -0.2) is 0 Å². The number of para-hydroxylation sites is 1. The first-order chi connectivity index (χ1) is 9.15. The molecular formula is C16H13ClO2. The molecule has 0 fully saturated rings. The second-order valence-corrected chi connectivity index (χ2v) is 5.02. The summed E-state index contributed by atoms with van der Waals surface area (Å²) in [5, 5.41) is 11.9. The molecule has 96 valence electrons. The summed E-state index contributed by atoms with van der Waals surface area (Å²) in [6, 6.07) is 15.1. The Labute approximate surface area is 116 Å². The van der Waals surface area contributed by atoms with Gasteiger partial charge in [0, 0.05) is 16.0 Å². The molecule has 3 rings (SSSR count). The topological polar surface area (TPSA) is 33.4 Å². The van der Waals surface area contributed by atoms with E-state index in [1.165, 1.54) is 0 Å². The molecule has 0 bridgehead atoms. The highest BCUT2D eigenvalue weighted by Gasteiger charge is 2.18. The molecule has 0 aliphatic carbocycles. The number of rotatable bonds is 2. The smallest absolute Gasteiger partial charge is 0.138 e. The van der Waals surface area contributed by atoms with Crippen molar-refractivity contribution in [3.63, 3.8) is 0 Å². The number of aliphatic hydroxyl groups excluding tert-OH is 1. The first-order valence-corrected chi connectivity index (χ1v) is 6.45. The third-order valence-electron chi connectivity index (χ3n) is 3.16. The van der Waals surface area contributed by atoms with E-state index in [1.54, 1.807) is 0 Å². The highest BCUT2D eigenvalue weighted by molar-refractivity contribution is 6.31. The van der Waals surface area contributed by atoms with E-state index >= 15 is 0 Å². The molecule has 2 nitrogen and oxygen atoms in total. The number of halogens is 1. The van der Waals surface area contributed by atoms with Crippen molar-refractivity contribution in [2.45, 2.75) is 13.0 Å². The predicted octanol–water partition coefficient (Wildman–Crippen LogP) is 4.48. The molecule has 0 amide bonds. The van der Waals surface area contributed by atoms with E-state index in [0.29, 0.717) is 16.3 Å². The minimum Gasteiger partial charge on any atom is -0.458 e. The Kier molecular flexibility index (Phi) is 3.05. The van der Waals surface area contributed by atoms with Gasteiger partial charge < -0.3 is 9.52 Å². The van der Waals surface area contributed by atoms with Crippen molar-refractivity contribution in [2.75, 3.05) is 0 Å². The Hall–Kier alpha value is -1.77. The fourth-order valence-corrected chi connectivity index (χ4v) is 2.48. The quantitative estimate of drug-likeness (QED) is 0.746. The monoisotopic (exact) mass is 272 g/mol. The van der Waals surface area contributed by atoms with Crippen LogP contribution in [0.4, 0.5) is 0 Å². The summed E-state index contributed by atoms with van der Waals surface area (Å²) in [4.78, 5) is 0. The number of furan rings is 1. The van der Waals surface area contributed by atoms with Gasteiger partial charge in [0.2, 0.25) is 0 Å². The van der Waals surface area contributed by atoms with E-state index in [4.69, 9.17) is 16.0 Å². The molecule has 0 saturated carbocycles. The molecule has 2 aromatic carbocycles. The van der Waals surface area contributed by atoms with Crippen molar-refractivity contribution < 1.29 is 9.52 Å². The summed E-state index contributed by atoms with van der Waals surface area (Å²) >= 11 is 6.17. The van der Waals surface area contributed by atoms with E-state index in [-0.39, 0.29) is 0 Å². The lowest BCUT2D eigenvalue weighted by atomic mass is 10.1. The van der Waals surface area contributed by atoms with Crippen molar-refractivity contribution in [3.05, 3.63) is 70.4 Å². The van der Waals surface area contributed by atoms with E-state index in [2.05, 4.69) is 0 Å². The maximum Gasteiger partial charge on any atom is 0.138 e. The van der Waals surface area contributed by atoms with Gasteiger partial charge in [-0.1, -0.05) is 41.9 Å². The van der Waals surface area contributed by atoms with Crippen molar-refractivity contribution in [1.82, 2.24) is 0 Å². The molecule has 3 heteroatoms. The van der Waals surface area contributed by atoms with Crippen LogP contribution in [0.2, 0.25) is 5.02 Å². The molecule has 1 N–H and O–H groups in total. The van der Waals surface area contributed by atoms with Crippen molar-refractivity contribution in [2.24, 2.45) is 0 Å². The van der Waals surface area contributed by atoms with Gasteiger partial charge in [-0.15, -0.1) is 0 Å². The van der Waals surface area contributed by atoms with Crippen LogP contribution in [0.5, 0.6) is 0 Å². The van der Waals surface area contributed by atoms with Crippen LogP contribution in [0.3, 0.4) is 0 Å². The summed E-state index contributed by atoms with van der Waals surface area (Å²) in [5.41, 5.74) is 2.48. The highest BCUT2D eigenvalue weighted by Crippen LogP contribution is 2.32. The molecule has 0 aliphatic heterocycles. The molecule has 1 atom stereocenters. The maximum absolute atomic E-state index is 10.4. The van der Waals surface area contributed by atoms with E-state index in [0.717, 1.165) is 16.5 Å². The average Bonchev–Trinajstić information content (AvgIpc) is 2.81. The van der Waals surface area contributed by atoms with Gasteiger partial charge in [0.1, 0.15) is 17.4 Å². The zero-order valence-corrected chi connectivity index (χ0v) is 11.2. The third-order valence-corrected chi connectivity index (χ3v) is 3.49. The summed E-state index contributed by atoms with van der Waals surface area (Å²) in [7, 11) is 0. The molecular weight excluding hydrogens is 260 g/mol. The first-order valence-electron chi connectivity index (χ1n) is 6.08. The Morgan fingerprint density at radius 2 is 1.89 bits per heavy atom. The Bertz CT molecular complexity index is 697. The lowest BCUT2D eigenvalue weighted by Gasteiger charge is -2.10. The van der Waals surface area contributed by atoms with Gasteiger partial charge >= 0.3 is 0 Å². The number of aliphatic hydroxyl groups is 1. The minimum atomic E-state index is -0.847. The highest BCUT2D eigenvalue weighted by atomic mass is 35.5. The molecule has 0 saturated heterocycles. The van der Waals surface area contributed by atoms with Crippen molar-refractivity contribution in [1.29, 1.82) is 0 Å². The van der Waals surface area contributed by atoms with Gasteiger partial charge in [-0.2, -0.15) is 0 Å². The fraction of sp³-hybridized carbons (Fsp3) is 0.125. The zero-order valence-electron chi connectivity index (χ0n) is 10.4. The SMILES string of the molecule is Cc1ccc(C(O)c2cc3ccccc3o2)c(Cl)c1. The van der Waals surface area contributed by atoms with Crippen LogP contribution in [0, 0.1) is 6.92 Å². The fourth-order valence-electron chi connectivity index (χ4n) is 2.14. The molecule has 0 radical (unpaired) electrons. The number of hydrogen-bond acceptors (Lipinski definition) is 2. The number of fused-ring (bicyclic) bond motifs is 1. The standard InChI is InChI=1S/C16H13ClO2/c1-10-6-7-12(13(17)8-10)16(18)15-9-11-4-2-3-5-14(11)19-15/h2-9,16,18H,1H3. The number of aryl methyl sites for hydroxylation is 1. The van der Waals surface area contributed by atoms with Crippen LogP contribution in [0.25, 0.3) is 11.0 Å². The first kappa shape index (κ1) is 12.3. The lowest BCUT2D eigenvalue weighted by molar-refractivity contribution is 0.192. The second kappa shape index (κ2) is 4.72. The number of benzene rings is 2. The number of hydrogen-bond donors (Lipinski definition) is 1. The van der Waals surface area contributed by atoms with Crippen LogP contribution in [0.1, 0.15) is 23.0 Å². The van der Waals surface area contributed by atoms with Crippen LogP contribution in [-0.2, 0) is 0 Å². The average molecular weight is 273 g/mol. The van der Waals surface area contributed by atoms with E-state index in [1.807, 2.05) is 55.5 Å². The maximum atomic E-state index is 10.4. The third kappa shape index (κ3) is 2.25. The summed E-state index contributed by atoms with van der Waals surface area (Å²) in [5.74, 6) is 0.506. The van der Waals surface area contributed by atoms with E-state index < -0.39 is 6.10 Å². The van der Waals surface area contributed by atoms with Crippen molar-refractivity contribution in [3.8, 4) is 0 Å². The summed E-state index contributed by atoms with van der Waals surface area (Å²) in [6.45, 7) is 1.96. The normalized spacial score (nSPS) is 12.8. The van der Waals surface area contributed by atoms with Gasteiger partial charge in [0.25, 0.3) is 0 Å². The Balaban J connectivity index is 2.05. The van der Waals surface area contributed by atoms with Gasteiger partial charge in [-0.3, -0.25) is 0 Å². The van der Waals surface area contributed by atoms with Crippen molar-refractivity contribution >= 4 is 22.6 Å². The Morgan fingerprint density at radius 1 is 1.11 bits per heavy atom. The molecule has 1 heterocycles. The van der Waals surface area contributed by atoms with Gasteiger partial charge in [-0.05, 0) is 30.7 Å². The zero-order chi connectivity index (χ0) is 13.4. The molecule has 0 aliphatic rings. The largest absolute Gasteiger partial charge is 0.458 e. The van der Waals surface area contributed by atoms with E-state index in [9.17, 15) is 5.11 Å². The van der Waals surface area contributed by atoms with Gasteiger partial charge in [0.15, 0.2) is 0 Å². The molecule has 19 heavy (non-hydrogen) atoms. The molecule has 1 unspecified atom stereocenters. The molecule has 3 aromatic rings. The van der Waals surface area contributed by atoms with Crippen LogP contribution >= 0.6 is 11.6 Å². The minimum absolute atomic E-state index is 0.506. The predicted molar refractivity (Wildman–Crippen MR) is 76.5 cm³/mol. The van der Waals surface area contributed by atoms with Gasteiger partial charge in [0.05, 0.1) is 0 Å². The summed E-state index contributed by atoms with van der Waals surface area (Å²) < 4.78 is 5.66. The Morgan fingerprint density at radius 3 is 2.63 bits per heavy atom. The molecule has 0 spiro atoms. The second-order valence-electron chi connectivity index (χ2n) is 4.61. The summed E-state index contributed by atoms with van der Waals surface area (Å²) in [6.07, 6.45) is -0.847.